The lowest BCUT2D eigenvalue weighted by Crippen LogP contribution is -2.35. The van der Waals surface area contributed by atoms with Crippen molar-refractivity contribution in [3.63, 3.8) is 0 Å². The molecule has 0 unspecified atom stereocenters. The minimum absolute atomic E-state index is 0.0970. The van der Waals surface area contributed by atoms with Crippen molar-refractivity contribution >= 4 is 27.9 Å². The van der Waals surface area contributed by atoms with Crippen LogP contribution >= 0.6 is 11.5 Å². The van der Waals surface area contributed by atoms with Gasteiger partial charge in [-0.3, -0.25) is 0 Å². The fourth-order valence-corrected chi connectivity index (χ4v) is 3.71. The number of nitrogens with zero attached hydrogens (tertiary/aromatic N) is 4. The van der Waals surface area contributed by atoms with Crippen LogP contribution in [0.1, 0.15) is 5.56 Å². The first-order chi connectivity index (χ1) is 11.1. The second-order valence-electron chi connectivity index (χ2n) is 5.04. The predicted octanol–water partition coefficient (Wildman–Crippen LogP) is 1.56. The molecule has 0 N–H and O–H groups in total. The van der Waals surface area contributed by atoms with Gasteiger partial charge in [-0.2, -0.15) is 12.8 Å². The third kappa shape index (κ3) is 3.74. The van der Waals surface area contributed by atoms with E-state index in [1.54, 1.807) is 0 Å². The number of benzene rings is 1. The van der Waals surface area contributed by atoms with Gasteiger partial charge in [0.1, 0.15) is 6.34 Å². The number of sulfonamides is 1. The number of hydrogen-bond donors (Lipinski definition) is 0. The van der Waals surface area contributed by atoms with Crippen LogP contribution in [0.25, 0.3) is 11.4 Å². The zero-order chi connectivity index (χ0) is 16.3. The van der Waals surface area contributed by atoms with Gasteiger partial charge in [0.25, 0.3) is 4.34 Å². The zero-order valence-corrected chi connectivity index (χ0v) is 14.2. The van der Waals surface area contributed by atoms with E-state index in [1.165, 1.54) is 6.34 Å². The van der Waals surface area contributed by atoms with Gasteiger partial charge in [-0.25, -0.2) is 4.98 Å². The van der Waals surface area contributed by atoms with Crippen molar-refractivity contribution < 1.29 is 13.2 Å². The molecule has 1 aromatic carbocycles. The molecule has 0 bridgehead atoms. The summed E-state index contributed by atoms with van der Waals surface area (Å²) in [6, 6.07) is 7.58. The van der Waals surface area contributed by atoms with Crippen LogP contribution in [-0.4, -0.2) is 55.3 Å². The van der Waals surface area contributed by atoms with E-state index >= 15 is 0 Å². The number of hydrogen-bond acceptors (Lipinski definition) is 6. The summed E-state index contributed by atoms with van der Waals surface area (Å²) < 4.78 is 37.5. The van der Waals surface area contributed by atoms with Gasteiger partial charge in [0.2, 0.25) is 0 Å². The normalized spacial score (nSPS) is 16.1. The van der Waals surface area contributed by atoms with Crippen LogP contribution in [0.5, 0.6) is 0 Å². The maximum Gasteiger partial charge on any atom is 0.312 e. The Labute approximate surface area is 138 Å². The highest BCUT2D eigenvalue weighted by molar-refractivity contribution is 7.92. The monoisotopic (exact) mass is 352 g/mol. The van der Waals surface area contributed by atoms with E-state index in [4.69, 9.17) is 4.74 Å². The Hall–Kier alpha value is -1.84. The minimum Gasteiger partial charge on any atom is -0.378 e. The molecule has 0 amide bonds. The average Bonchev–Trinajstić information content (AvgIpc) is 3.05. The quantitative estimate of drug-likeness (QED) is 0.613. The van der Waals surface area contributed by atoms with E-state index in [2.05, 4.69) is 13.8 Å². The number of aromatic nitrogens is 2. The summed E-state index contributed by atoms with van der Waals surface area (Å²) in [5, 5.41) is 0. The highest BCUT2D eigenvalue weighted by Crippen LogP contribution is 2.24. The maximum atomic E-state index is 12.3. The Morgan fingerprint density at radius 1 is 1.30 bits per heavy atom. The van der Waals surface area contributed by atoms with Crippen molar-refractivity contribution in [1.29, 1.82) is 0 Å². The maximum absolute atomic E-state index is 12.3. The summed E-state index contributed by atoms with van der Waals surface area (Å²) in [6.45, 7) is 4.33. The molecule has 122 valence electrons. The van der Waals surface area contributed by atoms with E-state index in [0.29, 0.717) is 32.1 Å². The molecule has 2 heterocycles. The minimum atomic E-state index is -3.83. The molecule has 9 heteroatoms. The van der Waals surface area contributed by atoms with Crippen LogP contribution in [0.2, 0.25) is 0 Å². The lowest BCUT2D eigenvalue weighted by atomic mass is 10.1. The van der Waals surface area contributed by atoms with Crippen molar-refractivity contribution in [2.75, 3.05) is 26.3 Å². The average molecular weight is 352 g/mol. The molecule has 1 aromatic heterocycles. The van der Waals surface area contributed by atoms with Crippen molar-refractivity contribution in [3.05, 3.63) is 29.8 Å². The Morgan fingerprint density at radius 2 is 2.04 bits per heavy atom. The summed E-state index contributed by atoms with van der Waals surface area (Å²) in [4.78, 5) is 5.95. The summed E-state index contributed by atoms with van der Waals surface area (Å²) >= 11 is 0.841. The van der Waals surface area contributed by atoms with E-state index in [0.717, 1.165) is 22.7 Å². The summed E-state index contributed by atoms with van der Waals surface area (Å²) in [5.74, 6) is 0.410. The van der Waals surface area contributed by atoms with Crippen LogP contribution in [0.4, 0.5) is 0 Å². The van der Waals surface area contributed by atoms with Gasteiger partial charge < -0.3 is 9.64 Å². The zero-order valence-electron chi connectivity index (χ0n) is 12.5. The topological polar surface area (TPSA) is 84.8 Å². The van der Waals surface area contributed by atoms with Gasteiger partial charge in [-0.15, -0.1) is 4.40 Å². The SMILES string of the molecule is Cc1ccccc1-c1nsc(S(=O)(=O)N=CN2CCOCC2)n1. The first-order valence-corrected chi connectivity index (χ1v) is 9.29. The molecule has 1 saturated heterocycles. The van der Waals surface area contributed by atoms with E-state index in [1.807, 2.05) is 36.1 Å². The Bertz CT molecular complexity index is 811. The highest BCUT2D eigenvalue weighted by Gasteiger charge is 2.20. The van der Waals surface area contributed by atoms with Gasteiger partial charge in [-0.1, -0.05) is 24.3 Å². The van der Waals surface area contributed by atoms with Gasteiger partial charge in [0.05, 0.1) is 13.2 Å². The van der Waals surface area contributed by atoms with Gasteiger partial charge in [-0.05, 0) is 12.5 Å². The molecule has 0 radical (unpaired) electrons. The molecule has 3 rings (SSSR count). The molecule has 2 aromatic rings. The number of morpholine rings is 1. The fourth-order valence-electron chi connectivity index (χ4n) is 2.11. The Morgan fingerprint density at radius 3 is 2.78 bits per heavy atom. The largest absolute Gasteiger partial charge is 0.378 e. The number of rotatable bonds is 4. The molecular weight excluding hydrogens is 336 g/mol. The van der Waals surface area contributed by atoms with Gasteiger partial charge in [0.15, 0.2) is 5.82 Å². The molecule has 0 atom stereocenters. The van der Waals surface area contributed by atoms with Crippen LogP contribution in [0.15, 0.2) is 33.0 Å². The summed E-state index contributed by atoms with van der Waals surface area (Å²) in [5.41, 5.74) is 1.81. The Balaban J connectivity index is 1.81. The highest BCUT2D eigenvalue weighted by atomic mass is 32.2. The van der Waals surface area contributed by atoms with Crippen molar-refractivity contribution in [1.82, 2.24) is 14.3 Å². The second kappa shape index (κ2) is 6.73. The third-order valence-corrected chi connectivity index (χ3v) is 5.68. The standard InChI is InChI=1S/C14H16N4O3S2/c1-11-4-2-3-5-12(11)13-16-14(22-17-13)23(19,20)15-10-18-6-8-21-9-7-18/h2-5,10H,6-9H2,1H3. The lowest BCUT2D eigenvalue weighted by Gasteiger charge is -2.23. The number of aryl methyl sites for hydroxylation is 1. The van der Waals surface area contributed by atoms with E-state index < -0.39 is 10.0 Å². The molecule has 0 aliphatic carbocycles. The molecular formula is C14H16N4O3S2. The second-order valence-corrected chi connectivity index (χ2v) is 7.60. The van der Waals surface area contributed by atoms with E-state index in [9.17, 15) is 8.42 Å². The van der Waals surface area contributed by atoms with Crippen molar-refractivity contribution in [2.45, 2.75) is 11.3 Å². The molecule has 1 aliphatic rings. The van der Waals surface area contributed by atoms with Crippen molar-refractivity contribution in [3.8, 4) is 11.4 Å². The summed E-state index contributed by atoms with van der Waals surface area (Å²) in [6.07, 6.45) is 1.34. The fraction of sp³-hybridized carbons (Fsp3) is 0.357. The smallest absolute Gasteiger partial charge is 0.312 e. The molecule has 23 heavy (non-hydrogen) atoms. The van der Waals surface area contributed by atoms with Gasteiger partial charge >= 0.3 is 10.0 Å². The predicted molar refractivity (Wildman–Crippen MR) is 88.2 cm³/mol. The van der Waals surface area contributed by atoms with Crippen LogP contribution in [0.3, 0.4) is 0 Å². The van der Waals surface area contributed by atoms with E-state index in [-0.39, 0.29) is 4.34 Å². The molecule has 1 aliphatic heterocycles. The third-order valence-electron chi connectivity index (χ3n) is 3.41. The molecule has 1 fully saturated rings. The molecule has 0 spiro atoms. The first-order valence-electron chi connectivity index (χ1n) is 7.08. The molecule has 0 saturated carbocycles. The van der Waals surface area contributed by atoms with Crippen LogP contribution in [0, 0.1) is 6.92 Å². The van der Waals surface area contributed by atoms with Crippen molar-refractivity contribution in [2.24, 2.45) is 4.40 Å². The molecule has 7 nitrogen and oxygen atoms in total. The Kier molecular flexibility index (Phi) is 4.69. The van der Waals surface area contributed by atoms with Gasteiger partial charge in [0, 0.05) is 30.2 Å². The lowest BCUT2D eigenvalue weighted by molar-refractivity contribution is 0.0701. The van der Waals surface area contributed by atoms with Crippen LogP contribution in [-0.2, 0) is 14.8 Å². The number of ether oxygens (including phenoxy) is 1. The first kappa shape index (κ1) is 16.0. The summed E-state index contributed by atoms with van der Waals surface area (Å²) in [7, 11) is -3.83. The van der Waals surface area contributed by atoms with Crippen LogP contribution < -0.4 is 0 Å².